The molecule has 0 heterocycles. The zero-order valence-corrected chi connectivity index (χ0v) is 9.73. The number of para-hydroxylation sites is 1. The quantitative estimate of drug-likeness (QED) is 0.717. The molecule has 0 spiro atoms. The van der Waals surface area contributed by atoms with Crippen LogP contribution < -0.4 is 9.47 Å². The maximum absolute atomic E-state index is 9.18. The molecule has 0 saturated carbocycles. The third-order valence-corrected chi connectivity index (χ3v) is 2.06. The average molecular weight is 226 g/mol. The van der Waals surface area contributed by atoms with Crippen LogP contribution in [0.5, 0.6) is 11.5 Å². The second-order valence-electron chi connectivity index (χ2n) is 3.18. The maximum atomic E-state index is 9.18. The van der Waals surface area contributed by atoms with Gasteiger partial charge in [0.25, 0.3) is 0 Å². The number of methoxy groups -OCH3 is 1. The number of benzene rings is 1. The predicted molar refractivity (Wildman–Crippen MR) is 60.9 cm³/mol. The van der Waals surface area contributed by atoms with Crippen LogP contribution in [-0.4, -0.2) is 32.0 Å². The molecule has 90 valence electrons. The smallest absolute Gasteiger partial charge is 0.166 e. The monoisotopic (exact) mass is 226 g/mol. The number of aliphatic hydroxyl groups excluding tert-OH is 1. The van der Waals surface area contributed by atoms with Gasteiger partial charge in [-0.3, -0.25) is 0 Å². The van der Waals surface area contributed by atoms with E-state index in [2.05, 4.69) is 0 Å². The van der Waals surface area contributed by atoms with Crippen molar-refractivity contribution >= 4 is 0 Å². The van der Waals surface area contributed by atoms with Crippen molar-refractivity contribution in [3.8, 4) is 11.5 Å². The standard InChI is InChI=1S/C12H18O4/c1-3-15-12-10(9-13)5-4-6-11(12)16-8-7-14-2/h4-6,13H,3,7-9H2,1-2H3. The van der Waals surface area contributed by atoms with E-state index in [0.29, 0.717) is 31.3 Å². The van der Waals surface area contributed by atoms with Crippen molar-refractivity contribution in [1.82, 2.24) is 0 Å². The Hall–Kier alpha value is -1.26. The highest BCUT2D eigenvalue weighted by molar-refractivity contribution is 5.46. The van der Waals surface area contributed by atoms with Gasteiger partial charge in [0, 0.05) is 12.7 Å². The summed E-state index contributed by atoms with van der Waals surface area (Å²) in [5.74, 6) is 1.26. The summed E-state index contributed by atoms with van der Waals surface area (Å²) in [4.78, 5) is 0. The van der Waals surface area contributed by atoms with Crippen LogP contribution in [0.1, 0.15) is 12.5 Å². The molecule has 0 aliphatic carbocycles. The van der Waals surface area contributed by atoms with Crippen LogP contribution >= 0.6 is 0 Å². The van der Waals surface area contributed by atoms with E-state index in [-0.39, 0.29) is 6.61 Å². The first-order valence-corrected chi connectivity index (χ1v) is 5.30. The van der Waals surface area contributed by atoms with Gasteiger partial charge in [0.2, 0.25) is 0 Å². The van der Waals surface area contributed by atoms with Crippen LogP contribution in [0.3, 0.4) is 0 Å². The highest BCUT2D eigenvalue weighted by Crippen LogP contribution is 2.31. The van der Waals surface area contributed by atoms with Crippen molar-refractivity contribution < 1.29 is 19.3 Å². The first-order valence-electron chi connectivity index (χ1n) is 5.30. The Labute approximate surface area is 95.8 Å². The Kier molecular flexibility index (Phi) is 5.67. The maximum Gasteiger partial charge on any atom is 0.166 e. The number of aliphatic hydroxyl groups is 1. The van der Waals surface area contributed by atoms with E-state index in [1.165, 1.54) is 0 Å². The van der Waals surface area contributed by atoms with Crippen LogP contribution in [0.4, 0.5) is 0 Å². The Morgan fingerprint density at radius 2 is 2.00 bits per heavy atom. The average Bonchev–Trinajstić information content (AvgIpc) is 2.31. The van der Waals surface area contributed by atoms with Crippen molar-refractivity contribution in [2.75, 3.05) is 26.9 Å². The molecular weight excluding hydrogens is 208 g/mol. The second-order valence-corrected chi connectivity index (χ2v) is 3.18. The van der Waals surface area contributed by atoms with Crippen molar-refractivity contribution in [3.05, 3.63) is 23.8 Å². The normalized spacial score (nSPS) is 10.2. The van der Waals surface area contributed by atoms with Crippen LogP contribution in [0.2, 0.25) is 0 Å². The molecule has 0 aromatic heterocycles. The molecule has 1 aromatic carbocycles. The molecule has 0 fully saturated rings. The molecule has 0 atom stereocenters. The Morgan fingerprint density at radius 3 is 2.62 bits per heavy atom. The van der Waals surface area contributed by atoms with E-state index in [1.807, 2.05) is 25.1 Å². The molecule has 16 heavy (non-hydrogen) atoms. The van der Waals surface area contributed by atoms with Crippen LogP contribution in [0.25, 0.3) is 0 Å². The molecule has 0 saturated heterocycles. The van der Waals surface area contributed by atoms with E-state index >= 15 is 0 Å². The first-order chi connectivity index (χ1) is 7.83. The van der Waals surface area contributed by atoms with Crippen molar-refractivity contribution in [2.45, 2.75) is 13.5 Å². The lowest BCUT2D eigenvalue weighted by Gasteiger charge is -2.14. The molecule has 4 heteroatoms. The van der Waals surface area contributed by atoms with Crippen molar-refractivity contribution in [3.63, 3.8) is 0 Å². The summed E-state index contributed by atoms with van der Waals surface area (Å²) in [5, 5.41) is 9.18. The van der Waals surface area contributed by atoms with E-state index in [0.717, 1.165) is 5.56 Å². The Bertz CT molecular complexity index is 312. The number of hydrogen-bond acceptors (Lipinski definition) is 4. The van der Waals surface area contributed by atoms with Gasteiger partial charge in [0.1, 0.15) is 6.61 Å². The molecule has 4 nitrogen and oxygen atoms in total. The third-order valence-electron chi connectivity index (χ3n) is 2.06. The summed E-state index contributed by atoms with van der Waals surface area (Å²) < 4.78 is 15.9. The third kappa shape index (κ3) is 3.40. The van der Waals surface area contributed by atoms with Crippen LogP contribution in [0, 0.1) is 0 Å². The molecule has 0 amide bonds. The number of ether oxygens (including phenoxy) is 3. The lowest BCUT2D eigenvalue weighted by atomic mass is 10.2. The topological polar surface area (TPSA) is 47.9 Å². The molecule has 1 rings (SSSR count). The highest BCUT2D eigenvalue weighted by Gasteiger charge is 2.09. The molecule has 0 bridgehead atoms. The van der Waals surface area contributed by atoms with Crippen LogP contribution in [0.15, 0.2) is 18.2 Å². The minimum atomic E-state index is -0.0587. The van der Waals surface area contributed by atoms with E-state index in [9.17, 15) is 5.11 Å². The SMILES string of the molecule is CCOc1c(CO)cccc1OCCOC. The van der Waals surface area contributed by atoms with Crippen molar-refractivity contribution in [2.24, 2.45) is 0 Å². The van der Waals surface area contributed by atoms with Gasteiger partial charge in [-0.1, -0.05) is 12.1 Å². The highest BCUT2D eigenvalue weighted by atomic mass is 16.5. The number of hydrogen-bond donors (Lipinski definition) is 1. The van der Waals surface area contributed by atoms with Gasteiger partial charge in [0.15, 0.2) is 11.5 Å². The fourth-order valence-electron chi connectivity index (χ4n) is 1.34. The van der Waals surface area contributed by atoms with Crippen molar-refractivity contribution in [1.29, 1.82) is 0 Å². The summed E-state index contributed by atoms with van der Waals surface area (Å²) in [6.07, 6.45) is 0. The summed E-state index contributed by atoms with van der Waals surface area (Å²) >= 11 is 0. The summed E-state index contributed by atoms with van der Waals surface area (Å²) in [6.45, 7) is 3.36. The summed E-state index contributed by atoms with van der Waals surface area (Å²) in [5.41, 5.74) is 0.733. The molecule has 1 aromatic rings. The van der Waals surface area contributed by atoms with Gasteiger partial charge >= 0.3 is 0 Å². The number of rotatable bonds is 7. The fourth-order valence-corrected chi connectivity index (χ4v) is 1.34. The Morgan fingerprint density at radius 1 is 1.19 bits per heavy atom. The first kappa shape index (κ1) is 12.8. The zero-order valence-electron chi connectivity index (χ0n) is 9.73. The van der Waals surface area contributed by atoms with Gasteiger partial charge in [-0.25, -0.2) is 0 Å². The second kappa shape index (κ2) is 7.09. The van der Waals surface area contributed by atoms with Gasteiger partial charge in [-0.15, -0.1) is 0 Å². The predicted octanol–water partition coefficient (Wildman–Crippen LogP) is 1.60. The lowest BCUT2D eigenvalue weighted by Crippen LogP contribution is -2.07. The minimum absolute atomic E-state index is 0.0587. The lowest BCUT2D eigenvalue weighted by molar-refractivity contribution is 0.143. The molecular formula is C12H18O4. The molecule has 0 aliphatic rings. The van der Waals surface area contributed by atoms with Gasteiger partial charge in [-0.2, -0.15) is 0 Å². The molecule has 0 radical (unpaired) electrons. The fraction of sp³-hybridized carbons (Fsp3) is 0.500. The van der Waals surface area contributed by atoms with Gasteiger partial charge < -0.3 is 19.3 Å². The molecule has 0 aliphatic heterocycles. The van der Waals surface area contributed by atoms with E-state index in [1.54, 1.807) is 7.11 Å². The summed E-state index contributed by atoms with van der Waals surface area (Å²) in [6, 6.07) is 5.46. The summed E-state index contributed by atoms with van der Waals surface area (Å²) in [7, 11) is 1.62. The Balaban J connectivity index is 2.79. The largest absolute Gasteiger partial charge is 0.490 e. The van der Waals surface area contributed by atoms with Gasteiger partial charge in [-0.05, 0) is 13.0 Å². The van der Waals surface area contributed by atoms with Gasteiger partial charge in [0.05, 0.1) is 19.8 Å². The van der Waals surface area contributed by atoms with E-state index in [4.69, 9.17) is 14.2 Å². The molecule has 0 unspecified atom stereocenters. The molecule has 1 N–H and O–H groups in total. The van der Waals surface area contributed by atoms with Crippen LogP contribution in [-0.2, 0) is 11.3 Å². The van der Waals surface area contributed by atoms with E-state index < -0.39 is 0 Å². The zero-order chi connectivity index (χ0) is 11.8. The minimum Gasteiger partial charge on any atom is -0.490 e.